The lowest BCUT2D eigenvalue weighted by Crippen LogP contribution is -2.28. The van der Waals surface area contributed by atoms with Gasteiger partial charge in [0.15, 0.2) is 0 Å². The Morgan fingerprint density at radius 1 is 1.10 bits per heavy atom. The number of nitrogens with zero attached hydrogens (tertiary/aromatic N) is 1. The van der Waals surface area contributed by atoms with Crippen LogP contribution in [0.2, 0.25) is 0 Å². The molecule has 0 atom stereocenters. The van der Waals surface area contributed by atoms with Crippen LogP contribution >= 0.6 is 0 Å². The highest BCUT2D eigenvalue weighted by atomic mass is 16.2. The van der Waals surface area contributed by atoms with Crippen LogP contribution < -0.4 is 16.4 Å². The van der Waals surface area contributed by atoms with Crippen LogP contribution in [-0.2, 0) is 6.54 Å². The third kappa shape index (κ3) is 2.33. The van der Waals surface area contributed by atoms with E-state index in [2.05, 4.69) is 25.3 Å². The van der Waals surface area contributed by atoms with Gasteiger partial charge in [0, 0.05) is 5.69 Å². The molecule has 3 rings (SSSR count). The van der Waals surface area contributed by atoms with Gasteiger partial charge in [0.2, 0.25) is 0 Å². The molecule has 0 aliphatic carbocycles. The topological polar surface area (TPSA) is 106 Å². The Balaban J connectivity index is 1.87. The zero-order chi connectivity index (χ0) is 14.1. The second kappa shape index (κ2) is 4.69. The Bertz CT molecular complexity index is 874. The first-order valence-electron chi connectivity index (χ1n) is 6.12. The van der Waals surface area contributed by atoms with Crippen molar-refractivity contribution < 1.29 is 0 Å². The summed E-state index contributed by atoms with van der Waals surface area (Å²) in [6.45, 7) is 2.49. The number of hydrogen-bond donors (Lipinski definition) is 4. The van der Waals surface area contributed by atoms with Gasteiger partial charge in [-0.25, -0.2) is 4.98 Å². The zero-order valence-corrected chi connectivity index (χ0v) is 10.8. The SMILES string of the molecule is Cc1ncc(CNc2ccc3[nH]c(=O)c(=O)[nH]c3c2)[nH]1. The highest BCUT2D eigenvalue weighted by Gasteiger charge is 2.01. The van der Waals surface area contributed by atoms with Crippen molar-refractivity contribution in [2.45, 2.75) is 13.5 Å². The van der Waals surface area contributed by atoms with Gasteiger partial charge in [-0.3, -0.25) is 9.59 Å². The minimum absolute atomic E-state index is 0.584. The van der Waals surface area contributed by atoms with E-state index in [-0.39, 0.29) is 0 Å². The number of rotatable bonds is 3. The van der Waals surface area contributed by atoms with Crippen LogP contribution in [0.1, 0.15) is 11.5 Å². The number of nitrogens with one attached hydrogen (secondary N) is 4. The van der Waals surface area contributed by atoms with E-state index >= 15 is 0 Å². The summed E-state index contributed by atoms with van der Waals surface area (Å²) in [6.07, 6.45) is 1.77. The molecule has 102 valence electrons. The van der Waals surface area contributed by atoms with Gasteiger partial charge in [0.05, 0.1) is 29.5 Å². The van der Waals surface area contributed by atoms with Gasteiger partial charge in [-0.1, -0.05) is 0 Å². The second-order valence-corrected chi connectivity index (χ2v) is 4.52. The highest BCUT2D eigenvalue weighted by Crippen LogP contribution is 2.14. The van der Waals surface area contributed by atoms with Crippen LogP contribution in [-0.4, -0.2) is 19.9 Å². The van der Waals surface area contributed by atoms with Crippen LogP contribution in [0, 0.1) is 6.92 Å². The molecule has 0 aliphatic rings. The molecule has 0 unspecified atom stereocenters. The summed E-state index contributed by atoms with van der Waals surface area (Å²) in [5.41, 5.74) is 1.69. The number of hydrogen-bond acceptors (Lipinski definition) is 4. The normalized spacial score (nSPS) is 10.8. The average molecular weight is 271 g/mol. The molecule has 0 saturated heterocycles. The molecule has 7 nitrogen and oxygen atoms in total. The lowest BCUT2D eigenvalue weighted by molar-refractivity contribution is 1.05. The van der Waals surface area contributed by atoms with Gasteiger partial charge in [0.1, 0.15) is 5.82 Å². The molecule has 0 aliphatic heterocycles. The van der Waals surface area contributed by atoms with Crippen LogP contribution in [0.25, 0.3) is 11.0 Å². The van der Waals surface area contributed by atoms with Crippen LogP contribution in [0.3, 0.4) is 0 Å². The fourth-order valence-electron chi connectivity index (χ4n) is 1.98. The Morgan fingerprint density at radius 2 is 1.85 bits per heavy atom. The van der Waals surface area contributed by atoms with Crippen molar-refractivity contribution >= 4 is 16.7 Å². The van der Waals surface area contributed by atoms with E-state index in [1.165, 1.54) is 0 Å². The number of aryl methyl sites for hydroxylation is 1. The molecule has 0 saturated carbocycles. The number of benzene rings is 1. The van der Waals surface area contributed by atoms with Crippen LogP contribution in [0.5, 0.6) is 0 Å². The van der Waals surface area contributed by atoms with Crippen LogP contribution in [0.4, 0.5) is 5.69 Å². The Labute approximate surface area is 113 Å². The molecular weight excluding hydrogens is 258 g/mol. The summed E-state index contributed by atoms with van der Waals surface area (Å²) in [5, 5.41) is 3.22. The minimum Gasteiger partial charge on any atom is -0.379 e. The molecule has 3 aromatic rings. The summed E-state index contributed by atoms with van der Waals surface area (Å²) < 4.78 is 0. The number of imidazole rings is 1. The molecule has 0 fully saturated rings. The molecule has 2 aromatic heterocycles. The van der Waals surface area contributed by atoms with Crippen molar-refractivity contribution in [3.63, 3.8) is 0 Å². The summed E-state index contributed by atoms with van der Waals surface area (Å²) in [4.78, 5) is 34.8. The van der Waals surface area contributed by atoms with Gasteiger partial charge in [-0.2, -0.15) is 0 Å². The van der Waals surface area contributed by atoms with Crippen molar-refractivity contribution in [3.8, 4) is 0 Å². The highest BCUT2D eigenvalue weighted by molar-refractivity contribution is 5.78. The number of aromatic nitrogens is 4. The number of H-pyrrole nitrogens is 3. The monoisotopic (exact) mass is 271 g/mol. The van der Waals surface area contributed by atoms with E-state index in [4.69, 9.17) is 0 Å². The summed E-state index contributed by atoms with van der Waals surface area (Å²) in [5.74, 6) is 0.863. The van der Waals surface area contributed by atoms with E-state index < -0.39 is 11.1 Å². The van der Waals surface area contributed by atoms with Gasteiger partial charge < -0.3 is 20.3 Å². The minimum atomic E-state index is -0.654. The molecule has 2 heterocycles. The predicted octanol–water partition coefficient (Wildman–Crippen LogP) is 0.860. The van der Waals surface area contributed by atoms with Crippen molar-refractivity contribution in [2.24, 2.45) is 0 Å². The quantitative estimate of drug-likeness (QED) is 0.530. The van der Waals surface area contributed by atoms with Crippen molar-refractivity contribution in [1.29, 1.82) is 0 Å². The number of anilines is 1. The molecule has 0 radical (unpaired) electrons. The maximum absolute atomic E-state index is 11.3. The van der Waals surface area contributed by atoms with Crippen molar-refractivity contribution in [1.82, 2.24) is 19.9 Å². The Kier molecular flexibility index (Phi) is 2.86. The van der Waals surface area contributed by atoms with Crippen molar-refractivity contribution in [2.75, 3.05) is 5.32 Å². The molecule has 0 bridgehead atoms. The molecular formula is C13H13N5O2. The van der Waals surface area contributed by atoms with E-state index in [1.807, 2.05) is 13.0 Å². The molecule has 7 heteroatoms. The summed E-state index contributed by atoms with van der Waals surface area (Å²) in [6, 6.07) is 5.35. The van der Waals surface area contributed by atoms with E-state index in [0.29, 0.717) is 17.6 Å². The number of fused-ring (bicyclic) bond motifs is 1. The lowest BCUT2D eigenvalue weighted by Gasteiger charge is -2.06. The molecule has 1 aromatic carbocycles. The number of aromatic amines is 3. The first-order chi connectivity index (χ1) is 9.61. The largest absolute Gasteiger partial charge is 0.379 e. The van der Waals surface area contributed by atoms with Gasteiger partial charge in [-0.15, -0.1) is 0 Å². The third-order valence-corrected chi connectivity index (χ3v) is 2.96. The maximum Gasteiger partial charge on any atom is 0.314 e. The average Bonchev–Trinajstić information content (AvgIpc) is 2.84. The standard InChI is InChI=1S/C13H13N5O2/c1-7-14-5-9(16-7)6-15-8-2-3-10-11(4-8)18-13(20)12(19)17-10/h2-5,15H,6H2,1H3,(H,14,16)(H,17,19)(H,18,20). The van der Waals surface area contributed by atoms with Gasteiger partial charge in [-0.05, 0) is 25.1 Å². The first kappa shape index (κ1) is 12.2. The maximum atomic E-state index is 11.3. The fourth-order valence-corrected chi connectivity index (χ4v) is 1.98. The molecule has 0 spiro atoms. The third-order valence-electron chi connectivity index (χ3n) is 2.96. The summed E-state index contributed by atoms with van der Waals surface area (Å²) >= 11 is 0. The Hall–Kier alpha value is -2.83. The fraction of sp³-hybridized carbons (Fsp3) is 0.154. The zero-order valence-electron chi connectivity index (χ0n) is 10.8. The molecule has 4 N–H and O–H groups in total. The second-order valence-electron chi connectivity index (χ2n) is 4.52. The predicted molar refractivity (Wildman–Crippen MR) is 75.8 cm³/mol. The van der Waals surface area contributed by atoms with Crippen molar-refractivity contribution in [3.05, 3.63) is 56.6 Å². The van der Waals surface area contributed by atoms with E-state index in [0.717, 1.165) is 17.2 Å². The Morgan fingerprint density at radius 3 is 2.55 bits per heavy atom. The lowest BCUT2D eigenvalue weighted by atomic mass is 10.2. The van der Waals surface area contributed by atoms with E-state index in [9.17, 15) is 9.59 Å². The molecule has 0 amide bonds. The smallest absolute Gasteiger partial charge is 0.314 e. The van der Waals surface area contributed by atoms with E-state index in [1.54, 1.807) is 18.3 Å². The molecule has 20 heavy (non-hydrogen) atoms. The van der Waals surface area contributed by atoms with Gasteiger partial charge in [0.25, 0.3) is 0 Å². The van der Waals surface area contributed by atoms with Crippen LogP contribution in [0.15, 0.2) is 34.0 Å². The summed E-state index contributed by atoms with van der Waals surface area (Å²) in [7, 11) is 0. The van der Waals surface area contributed by atoms with Gasteiger partial charge >= 0.3 is 11.1 Å². The first-order valence-corrected chi connectivity index (χ1v) is 6.12.